The topological polar surface area (TPSA) is 96.0 Å². The van der Waals surface area contributed by atoms with Crippen LogP contribution in [-0.4, -0.2) is 50.9 Å². The summed E-state index contributed by atoms with van der Waals surface area (Å²) in [5.74, 6) is -0.103. The minimum atomic E-state index is -4.15. The van der Waals surface area contributed by atoms with Crippen LogP contribution in [0.2, 0.25) is 5.02 Å². The van der Waals surface area contributed by atoms with Crippen molar-refractivity contribution in [2.75, 3.05) is 18.0 Å². The Bertz CT molecular complexity index is 1460. The molecule has 0 radical (unpaired) electrons. The van der Waals surface area contributed by atoms with Crippen LogP contribution in [0, 0.1) is 6.92 Å². The second-order valence-electron chi connectivity index (χ2n) is 10.3. The van der Waals surface area contributed by atoms with E-state index < -0.39 is 28.5 Å². The third-order valence-electron chi connectivity index (χ3n) is 7.35. The summed E-state index contributed by atoms with van der Waals surface area (Å²) in [5, 5.41) is 3.47. The molecule has 0 aromatic heterocycles. The van der Waals surface area contributed by atoms with Crippen molar-refractivity contribution in [2.24, 2.45) is 0 Å². The molecule has 10 heteroatoms. The molecular formula is C31H36ClN3O5S. The van der Waals surface area contributed by atoms with Crippen molar-refractivity contribution < 1.29 is 22.7 Å². The zero-order chi connectivity index (χ0) is 29.6. The van der Waals surface area contributed by atoms with Gasteiger partial charge >= 0.3 is 0 Å². The van der Waals surface area contributed by atoms with Crippen LogP contribution in [0.5, 0.6) is 5.75 Å². The Labute approximate surface area is 247 Å². The van der Waals surface area contributed by atoms with Crippen molar-refractivity contribution in [3.05, 3.63) is 88.9 Å². The van der Waals surface area contributed by atoms with E-state index in [1.807, 2.05) is 25.1 Å². The highest BCUT2D eigenvalue weighted by molar-refractivity contribution is 7.92. The minimum Gasteiger partial charge on any atom is -0.497 e. The number of hydrogen-bond donors (Lipinski definition) is 1. The molecule has 0 bridgehead atoms. The highest BCUT2D eigenvalue weighted by atomic mass is 35.5. The third-order valence-corrected chi connectivity index (χ3v) is 9.39. The number of carbonyl (C=O) groups excluding carboxylic acids is 2. The third kappa shape index (κ3) is 7.59. The number of methoxy groups -OCH3 is 1. The number of anilines is 1. The number of aryl methyl sites for hydroxylation is 1. The smallest absolute Gasteiger partial charge is 0.264 e. The van der Waals surface area contributed by atoms with Gasteiger partial charge in [-0.2, -0.15) is 0 Å². The number of ether oxygens (including phenoxy) is 1. The Balaban J connectivity index is 1.68. The molecule has 1 aliphatic carbocycles. The molecule has 0 spiro atoms. The van der Waals surface area contributed by atoms with Crippen molar-refractivity contribution in [3.8, 4) is 5.75 Å². The molecule has 8 nitrogen and oxygen atoms in total. The summed E-state index contributed by atoms with van der Waals surface area (Å²) in [6.45, 7) is 3.15. The highest BCUT2D eigenvalue weighted by Gasteiger charge is 2.33. The highest BCUT2D eigenvalue weighted by Crippen LogP contribution is 2.27. The Morgan fingerprint density at radius 1 is 1.02 bits per heavy atom. The van der Waals surface area contributed by atoms with E-state index in [2.05, 4.69) is 5.32 Å². The fourth-order valence-corrected chi connectivity index (χ4v) is 6.48. The van der Waals surface area contributed by atoms with Crippen molar-refractivity contribution in [1.29, 1.82) is 0 Å². The first-order valence-corrected chi connectivity index (χ1v) is 15.5. The molecule has 0 heterocycles. The Morgan fingerprint density at radius 3 is 2.29 bits per heavy atom. The average molecular weight is 598 g/mol. The molecule has 1 atom stereocenters. The van der Waals surface area contributed by atoms with Gasteiger partial charge in [-0.15, -0.1) is 0 Å². The molecule has 3 aromatic carbocycles. The first kappa shape index (κ1) is 30.4. The van der Waals surface area contributed by atoms with Gasteiger partial charge < -0.3 is 15.0 Å². The number of nitrogens with zero attached hydrogens (tertiary/aromatic N) is 2. The molecule has 4 rings (SSSR count). The maximum absolute atomic E-state index is 14.0. The fraction of sp³-hybridized carbons (Fsp3) is 0.355. The summed E-state index contributed by atoms with van der Waals surface area (Å²) in [6.07, 6.45) is 3.93. The van der Waals surface area contributed by atoms with Gasteiger partial charge in [0.15, 0.2) is 0 Å². The van der Waals surface area contributed by atoms with Crippen LogP contribution in [0.1, 0.15) is 43.7 Å². The molecule has 3 aromatic rings. The fourth-order valence-electron chi connectivity index (χ4n) is 4.95. The van der Waals surface area contributed by atoms with E-state index in [0.29, 0.717) is 16.5 Å². The van der Waals surface area contributed by atoms with Crippen molar-refractivity contribution >= 4 is 39.1 Å². The summed E-state index contributed by atoms with van der Waals surface area (Å²) in [5.41, 5.74) is 1.97. The van der Waals surface area contributed by atoms with Crippen LogP contribution < -0.4 is 14.4 Å². The van der Waals surface area contributed by atoms with Crippen molar-refractivity contribution in [1.82, 2.24) is 10.2 Å². The maximum atomic E-state index is 14.0. The minimum absolute atomic E-state index is 0.00457. The standard InChI is InChI=1S/C31H36ClN3O5S/c1-22-7-6-10-27(19-22)35(41(38,39)29-17-13-25(32)14-18-29)21-30(36)34(20-24-11-15-28(40-3)16-12-24)23(2)31(37)33-26-8-4-5-9-26/h6-7,10-19,23,26H,4-5,8-9,20-21H2,1-3H3,(H,33,37)/t23-/m1/s1. The van der Waals surface area contributed by atoms with Gasteiger partial charge in [0.25, 0.3) is 10.0 Å². The predicted molar refractivity (Wildman–Crippen MR) is 161 cm³/mol. The number of nitrogens with one attached hydrogen (secondary N) is 1. The van der Waals surface area contributed by atoms with Gasteiger partial charge in [0.2, 0.25) is 11.8 Å². The number of amides is 2. The number of carbonyl (C=O) groups is 2. The summed E-state index contributed by atoms with van der Waals surface area (Å²) in [6, 6.07) is 19.2. The summed E-state index contributed by atoms with van der Waals surface area (Å²) in [7, 11) is -2.58. The van der Waals surface area contributed by atoms with Crippen LogP contribution >= 0.6 is 11.6 Å². The van der Waals surface area contributed by atoms with Gasteiger partial charge in [-0.05, 0) is 86.3 Å². The van der Waals surface area contributed by atoms with Crippen LogP contribution in [-0.2, 0) is 26.2 Å². The van der Waals surface area contributed by atoms with Gasteiger partial charge in [0.05, 0.1) is 17.7 Å². The van der Waals surface area contributed by atoms with E-state index in [4.69, 9.17) is 16.3 Å². The molecule has 1 aliphatic rings. The van der Waals surface area contributed by atoms with Crippen molar-refractivity contribution in [3.63, 3.8) is 0 Å². The lowest BCUT2D eigenvalue weighted by molar-refractivity contribution is -0.139. The largest absolute Gasteiger partial charge is 0.497 e. The van der Waals surface area contributed by atoms with E-state index in [0.717, 1.165) is 41.1 Å². The first-order chi connectivity index (χ1) is 19.6. The van der Waals surface area contributed by atoms with E-state index in [-0.39, 0.29) is 23.4 Å². The Morgan fingerprint density at radius 2 is 1.68 bits per heavy atom. The summed E-state index contributed by atoms with van der Waals surface area (Å²) in [4.78, 5) is 28.8. The number of rotatable bonds is 11. The molecular weight excluding hydrogens is 562 g/mol. The number of sulfonamides is 1. The summed E-state index contributed by atoms with van der Waals surface area (Å²) < 4.78 is 34.1. The lowest BCUT2D eigenvalue weighted by atomic mass is 10.1. The molecule has 218 valence electrons. The average Bonchev–Trinajstić information content (AvgIpc) is 3.47. The lowest BCUT2D eigenvalue weighted by Gasteiger charge is -2.32. The SMILES string of the molecule is COc1ccc(CN(C(=O)CN(c2cccc(C)c2)S(=O)(=O)c2ccc(Cl)cc2)[C@H](C)C(=O)NC2CCCC2)cc1. The lowest BCUT2D eigenvalue weighted by Crippen LogP contribution is -2.52. The zero-order valence-electron chi connectivity index (χ0n) is 23.5. The van der Waals surface area contributed by atoms with E-state index in [1.165, 1.54) is 29.2 Å². The number of halogens is 1. The molecule has 1 fully saturated rings. The summed E-state index contributed by atoms with van der Waals surface area (Å²) >= 11 is 6.01. The Hall–Kier alpha value is -3.56. The van der Waals surface area contributed by atoms with Gasteiger partial charge in [-0.3, -0.25) is 13.9 Å². The molecule has 1 N–H and O–H groups in total. The normalized spacial score (nSPS) is 14.3. The monoisotopic (exact) mass is 597 g/mol. The first-order valence-electron chi connectivity index (χ1n) is 13.7. The van der Waals surface area contributed by atoms with Crippen LogP contribution in [0.25, 0.3) is 0 Å². The van der Waals surface area contributed by atoms with E-state index in [1.54, 1.807) is 44.4 Å². The molecule has 0 aliphatic heterocycles. The van der Waals surface area contributed by atoms with E-state index in [9.17, 15) is 18.0 Å². The molecule has 41 heavy (non-hydrogen) atoms. The Kier molecular flexibility index (Phi) is 9.94. The predicted octanol–water partition coefficient (Wildman–Crippen LogP) is 5.33. The van der Waals surface area contributed by atoms with Gasteiger partial charge in [-0.1, -0.05) is 48.7 Å². The second-order valence-corrected chi connectivity index (χ2v) is 12.6. The van der Waals surface area contributed by atoms with Gasteiger partial charge in [0, 0.05) is 17.6 Å². The second kappa shape index (κ2) is 13.4. The quantitative estimate of drug-likeness (QED) is 0.322. The van der Waals surface area contributed by atoms with Gasteiger partial charge in [0.1, 0.15) is 18.3 Å². The van der Waals surface area contributed by atoms with Crippen LogP contribution in [0.15, 0.2) is 77.7 Å². The zero-order valence-corrected chi connectivity index (χ0v) is 25.1. The molecule has 2 amide bonds. The van der Waals surface area contributed by atoms with Crippen molar-refractivity contribution in [2.45, 2.75) is 63.1 Å². The van der Waals surface area contributed by atoms with E-state index >= 15 is 0 Å². The molecule has 0 saturated heterocycles. The van der Waals surface area contributed by atoms with Gasteiger partial charge in [-0.25, -0.2) is 8.42 Å². The van der Waals surface area contributed by atoms with Crippen LogP contribution in [0.4, 0.5) is 5.69 Å². The molecule has 0 unspecified atom stereocenters. The maximum Gasteiger partial charge on any atom is 0.264 e. The van der Waals surface area contributed by atoms with Crippen LogP contribution in [0.3, 0.4) is 0 Å². The molecule has 1 saturated carbocycles. The number of hydrogen-bond acceptors (Lipinski definition) is 5. The number of benzene rings is 3.